The smallest absolute Gasteiger partial charge is 0.200 e. The van der Waals surface area contributed by atoms with Crippen LogP contribution in [0, 0.1) is 17.5 Å². The Hall–Kier alpha value is -1.49. The summed E-state index contributed by atoms with van der Waals surface area (Å²) in [5.41, 5.74) is 0.645. The monoisotopic (exact) mass is 316 g/mol. The molecule has 18 heavy (non-hydrogen) atoms. The average molecular weight is 317 g/mol. The van der Waals surface area contributed by atoms with Crippen LogP contribution in [-0.2, 0) is 6.61 Å². The van der Waals surface area contributed by atoms with Crippen LogP contribution in [0.5, 0.6) is 5.75 Å². The number of hydrogen-bond donors (Lipinski definition) is 0. The maximum absolute atomic E-state index is 13.3. The summed E-state index contributed by atoms with van der Waals surface area (Å²) in [5, 5.41) is 0. The molecular weight excluding hydrogens is 309 g/mol. The Labute approximate surface area is 110 Å². The van der Waals surface area contributed by atoms with Gasteiger partial charge in [0.1, 0.15) is 12.4 Å². The number of benzene rings is 2. The Balaban J connectivity index is 2.11. The predicted molar refractivity (Wildman–Crippen MR) is 64.8 cm³/mol. The molecule has 2 aromatic carbocycles. The maximum Gasteiger partial charge on any atom is 0.200 e. The summed E-state index contributed by atoms with van der Waals surface area (Å²) in [5.74, 6) is -2.56. The molecule has 0 spiro atoms. The summed E-state index contributed by atoms with van der Waals surface area (Å²) >= 11 is 3.03. The molecule has 0 saturated heterocycles. The summed E-state index contributed by atoms with van der Waals surface area (Å²) in [7, 11) is 0. The topological polar surface area (TPSA) is 9.23 Å². The van der Waals surface area contributed by atoms with E-state index in [0.29, 0.717) is 10.0 Å². The Bertz CT molecular complexity index is 572. The molecular formula is C13H8BrF3O. The van der Waals surface area contributed by atoms with Crippen molar-refractivity contribution in [3.63, 3.8) is 0 Å². The van der Waals surface area contributed by atoms with Crippen LogP contribution < -0.4 is 4.74 Å². The molecule has 2 rings (SSSR count). The molecule has 0 aliphatic rings. The standard InChI is InChI=1S/C13H8BrF3O/c14-9-6-8(4-5-10(9)15)7-18-12-3-1-2-11(16)13(12)17/h1-6H,7H2. The molecule has 0 bridgehead atoms. The molecule has 94 valence electrons. The van der Waals surface area contributed by atoms with E-state index < -0.39 is 17.5 Å². The van der Waals surface area contributed by atoms with E-state index in [9.17, 15) is 13.2 Å². The van der Waals surface area contributed by atoms with Crippen molar-refractivity contribution in [3.05, 3.63) is 63.9 Å². The van der Waals surface area contributed by atoms with E-state index in [1.54, 1.807) is 0 Å². The molecule has 0 N–H and O–H groups in total. The van der Waals surface area contributed by atoms with E-state index >= 15 is 0 Å². The minimum atomic E-state index is -1.03. The van der Waals surface area contributed by atoms with Gasteiger partial charge in [0.2, 0.25) is 5.82 Å². The third kappa shape index (κ3) is 2.85. The maximum atomic E-state index is 13.3. The molecule has 0 saturated carbocycles. The van der Waals surface area contributed by atoms with Crippen molar-refractivity contribution in [1.29, 1.82) is 0 Å². The molecule has 0 fully saturated rings. The Kier molecular flexibility index (Phi) is 3.91. The van der Waals surface area contributed by atoms with Gasteiger partial charge in [0.15, 0.2) is 11.6 Å². The Morgan fingerprint density at radius 2 is 1.78 bits per heavy atom. The van der Waals surface area contributed by atoms with Crippen molar-refractivity contribution in [2.24, 2.45) is 0 Å². The highest BCUT2D eigenvalue weighted by atomic mass is 79.9. The second-order valence-corrected chi connectivity index (χ2v) is 4.44. The number of halogens is 4. The summed E-state index contributed by atoms with van der Waals surface area (Å²) in [6.45, 7) is 0.0270. The minimum absolute atomic E-state index is 0.0270. The lowest BCUT2D eigenvalue weighted by molar-refractivity contribution is 0.284. The van der Waals surface area contributed by atoms with E-state index in [0.717, 1.165) is 6.07 Å². The SMILES string of the molecule is Fc1ccc(COc2cccc(F)c2F)cc1Br. The summed E-state index contributed by atoms with van der Waals surface area (Å²) < 4.78 is 44.6. The highest BCUT2D eigenvalue weighted by Crippen LogP contribution is 2.22. The number of hydrogen-bond acceptors (Lipinski definition) is 1. The van der Waals surface area contributed by atoms with Gasteiger partial charge < -0.3 is 4.74 Å². The molecule has 1 nitrogen and oxygen atoms in total. The fraction of sp³-hybridized carbons (Fsp3) is 0.0769. The Morgan fingerprint density at radius 1 is 1.00 bits per heavy atom. The first-order valence-corrected chi connectivity index (χ1v) is 5.88. The first-order valence-electron chi connectivity index (χ1n) is 5.08. The molecule has 0 aromatic heterocycles. The molecule has 0 heterocycles. The summed E-state index contributed by atoms with van der Waals surface area (Å²) in [6.07, 6.45) is 0. The largest absolute Gasteiger partial charge is 0.486 e. The lowest BCUT2D eigenvalue weighted by Gasteiger charge is -2.08. The molecule has 0 radical (unpaired) electrons. The average Bonchev–Trinajstić information content (AvgIpc) is 2.35. The van der Waals surface area contributed by atoms with Crippen molar-refractivity contribution in [3.8, 4) is 5.75 Å². The molecule has 0 aliphatic carbocycles. The zero-order valence-electron chi connectivity index (χ0n) is 9.09. The highest BCUT2D eigenvalue weighted by Gasteiger charge is 2.09. The molecule has 5 heteroatoms. The van der Waals surface area contributed by atoms with Crippen LogP contribution in [0.4, 0.5) is 13.2 Å². The van der Waals surface area contributed by atoms with Gasteiger partial charge in [0.05, 0.1) is 4.47 Å². The number of rotatable bonds is 3. The van der Waals surface area contributed by atoms with Gasteiger partial charge in [-0.2, -0.15) is 4.39 Å². The van der Waals surface area contributed by atoms with Gasteiger partial charge in [0.25, 0.3) is 0 Å². The van der Waals surface area contributed by atoms with Gasteiger partial charge in [-0.05, 0) is 45.8 Å². The van der Waals surface area contributed by atoms with Crippen LogP contribution in [0.2, 0.25) is 0 Å². The van der Waals surface area contributed by atoms with Crippen molar-refractivity contribution in [2.75, 3.05) is 0 Å². The first kappa shape index (κ1) is 13.0. The lowest BCUT2D eigenvalue weighted by atomic mass is 10.2. The van der Waals surface area contributed by atoms with Crippen LogP contribution in [0.25, 0.3) is 0 Å². The van der Waals surface area contributed by atoms with Crippen LogP contribution >= 0.6 is 15.9 Å². The second-order valence-electron chi connectivity index (χ2n) is 3.59. The summed E-state index contributed by atoms with van der Waals surface area (Å²) in [4.78, 5) is 0. The highest BCUT2D eigenvalue weighted by molar-refractivity contribution is 9.10. The van der Waals surface area contributed by atoms with Crippen molar-refractivity contribution in [2.45, 2.75) is 6.61 Å². The third-order valence-electron chi connectivity index (χ3n) is 2.29. The molecule has 2 aromatic rings. The van der Waals surface area contributed by atoms with E-state index in [2.05, 4.69) is 15.9 Å². The first-order chi connectivity index (χ1) is 8.58. The normalized spacial score (nSPS) is 10.4. The molecule has 0 aliphatic heterocycles. The quantitative estimate of drug-likeness (QED) is 0.813. The van der Waals surface area contributed by atoms with Crippen LogP contribution in [0.15, 0.2) is 40.9 Å². The van der Waals surface area contributed by atoms with E-state index in [4.69, 9.17) is 4.74 Å². The van der Waals surface area contributed by atoms with Gasteiger partial charge in [-0.15, -0.1) is 0 Å². The van der Waals surface area contributed by atoms with E-state index in [1.807, 2.05) is 0 Å². The fourth-order valence-electron chi connectivity index (χ4n) is 1.39. The molecule has 0 atom stereocenters. The molecule has 0 unspecified atom stereocenters. The van der Waals surface area contributed by atoms with Gasteiger partial charge in [0, 0.05) is 0 Å². The second kappa shape index (κ2) is 5.44. The van der Waals surface area contributed by atoms with Crippen molar-refractivity contribution in [1.82, 2.24) is 0 Å². The van der Waals surface area contributed by atoms with Crippen molar-refractivity contribution < 1.29 is 17.9 Å². The zero-order chi connectivity index (χ0) is 13.1. The van der Waals surface area contributed by atoms with Gasteiger partial charge in [-0.3, -0.25) is 0 Å². The minimum Gasteiger partial charge on any atom is -0.486 e. The van der Waals surface area contributed by atoms with E-state index in [1.165, 1.54) is 30.3 Å². The van der Waals surface area contributed by atoms with Gasteiger partial charge in [-0.1, -0.05) is 12.1 Å². The van der Waals surface area contributed by atoms with Gasteiger partial charge in [-0.25, -0.2) is 8.78 Å². The van der Waals surface area contributed by atoms with Crippen LogP contribution in [0.3, 0.4) is 0 Å². The van der Waals surface area contributed by atoms with Gasteiger partial charge >= 0.3 is 0 Å². The van der Waals surface area contributed by atoms with Crippen LogP contribution in [0.1, 0.15) is 5.56 Å². The summed E-state index contributed by atoms with van der Waals surface area (Å²) in [6, 6.07) is 8.00. The molecule has 0 amide bonds. The number of ether oxygens (including phenoxy) is 1. The van der Waals surface area contributed by atoms with Crippen LogP contribution in [-0.4, -0.2) is 0 Å². The predicted octanol–water partition coefficient (Wildman–Crippen LogP) is 4.45. The fourth-order valence-corrected chi connectivity index (χ4v) is 1.81. The third-order valence-corrected chi connectivity index (χ3v) is 2.90. The lowest BCUT2D eigenvalue weighted by Crippen LogP contribution is -1.99. The van der Waals surface area contributed by atoms with Crippen molar-refractivity contribution >= 4 is 15.9 Å². The van der Waals surface area contributed by atoms with E-state index in [-0.39, 0.29) is 12.4 Å². The Morgan fingerprint density at radius 3 is 2.50 bits per heavy atom. The zero-order valence-corrected chi connectivity index (χ0v) is 10.7.